The van der Waals surface area contributed by atoms with Gasteiger partial charge >= 0.3 is 0 Å². The largest absolute Gasteiger partial charge is 0.496 e. The van der Waals surface area contributed by atoms with Gasteiger partial charge in [-0.25, -0.2) is 4.39 Å². The van der Waals surface area contributed by atoms with E-state index >= 15 is 0 Å². The summed E-state index contributed by atoms with van der Waals surface area (Å²) in [6.45, 7) is 4.04. The van der Waals surface area contributed by atoms with E-state index in [1.165, 1.54) is 24.1 Å². The Morgan fingerprint density at radius 3 is 2.75 bits per heavy atom. The highest BCUT2D eigenvalue weighted by molar-refractivity contribution is 5.95. The molecule has 0 radical (unpaired) electrons. The average Bonchev–Trinajstić information content (AvgIpc) is 2.88. The molecule has 0 atom stereocenters. The molecule has 0 aliphatic carbocycles. The number of amides is 1. The van der Waals surface area contributed by atoms with Gasteiger partial charge in [0, 0.05) is 31.9 Å². The van der Waals surface area contributed by atoms with E-state index in [-0.39, 0.29) is 18.1 Å². The number of benzene rings is 2. The standard InChI is InChI=1S/C25H22FN3O3/c1-16-11-24(21-7-5-18(13-23(21)31-4)25(30)29(2)3)32-15-19(9-10-28-16)17-6-8-22(26)20(12-17)14-27/h5-13H,1,15H2,2-4H3/b19-9+,24-11-,28-10?. The minimum atomic E-state index is -0.583. The summed E-state index contributed by atoms with van der Waals surface area (Å²) in [5, 5.41) is 9.14. The van der Waals surface area contributed by atoms with Crippen molar-refractivity contribution in [1.82, 2.24) is 4.90 Å². The first-order valence-electron chi connectivity index (χ1n) is 9.70. The zero-order valence-corrected chi connectivity index (χ0v) is 18.1. The highest BCUT2D eigenvalue weighted by atomic mass is 19.1. The molecular formula is C25H22FN3O3. The van der Waals surface area contributed by atoms with Gasteiger partial charge in [-0.3, -0.25) is 9.79 Å². The van der Waals surface area contributed by atoms with Gasteiger partial charge in [-0.05, 0) is 47.5 Å². The molecule has 0 N–H and O–H groups in total. The Morgan fingerprint density at radius 2 is 2.06 bits per heavy atom. The molecule has 0 bridgehead atoms. The molecule has 0 unspecified atom stereocenters. The molecule has 0 spiro atoms. The van der Waals surface area contributed by atoms with Gasteiger partial charge in [0.25, 0.3) is 5.91 Å². The molecule has 1 heterocycles. The van der Waals surface area contributed by atoms with Crippen LogP contribution in [0, 0.1) is 17.1 Å². The predicted octanol–water partition coefficient (Wildman–Crippen LogP) is 4.45. The summed E-state index contributed by atoms with van der Waals surface area (Å²) in [4.78, 5) is 18.1. The van der Waals surface area contributed by atoms with Gasteiger partial charge in [0.2, 0.25) is 0 Å². The lowest BCUT2D eigenvalue weighted by Crippen LogP contribution is -2.21. The van der Waals surface area contributed by atoms with Crippen molar-refractivity contribution < 1.29 is 18.7 Å². The molecule has 0 fully saturated rings. The molecule has 2 aromatic carbocycles. The van der Waals surface area contributed by atoms with Crippen molar-refractivity contribution in [1.29, 1.82) is 5.26 Å². The second kappa shape index (κ2) is 9.75. The third-order valence-corrected chi connectivity index (χ3v) is 4.77. The number of allylic oxidation sites excluding steroid dienone is 2. The van der Waals surface area contributed by atoms with Crippen LogP contribution < -0.4 is 4.74 Å². The predicted molar refractivity (Wildman–Crippen MR) is 122 cm³/mol. The van der Waals surface area contributed by atoms with Crippen molar-refractivity contribution in [2.24, 2.45) is 4.99 Å². The third kappa shape index (κ3) is 4.93. The summed E-state index contributed by atoms with van der Waals surface area (Å²) >= 11 is 0. The number of rotatable bonds is 4. The molecule has 0 saturated carbocycles. The topological polar surface area (TPSA) is 74.9 Å². The summed E-state index contributed by atoms with van der Waals surface area (Å²) in [6.07, 6.45) is 4.97. The number of ether oxygens (including phenoxy) is 2. The smallest absolute Gasteiger partial charge is 0.253 e. The van der Waals surface area contributed by atoms with E-state index in [1.807, 2.05) is 6.07 Å². The van der Waals surface area contributed by atoms with E-state index in [1.54, 1.807) is 56.7 Å². The van der Waals surface area contributed by atoms with E-state index in [2.05, 4.69) is 11.6 Å². The van der Waals surface area contributed by atoms with E-state index in [9.17, 15) is 9.18 Å². The van der Waals surface area contributed by atoms with E-state index < -0.39 is 5.82 Å². The number of aliphatic imine (C=N–C) groups is 1. The van der Waals surface area contributed by atoms with Crippen LogP contribution in [0.1, 0.15) is 27.0 Å². The molecule has 1 aliphatic heterocycles. The SMILES string of the molecule is C=C1/C=C(/c2ccc(C(=O)N(C)C)cc2OC)OC/C(c2ccc(F)c(C#N)c2)=C\C=N1. The summed E-state index contributed by atoms with van der Waals surface area (Å²) in [5.41, 5.74) is 2.83. The quantitative estimate of drug-likeness (QED) is 0.717. The average molecular weight is 431 g/mol. The Kier molecular flexibility index (Phi) is 6.86. The maximum atomic E-state index is 13.7. The lowest BCUT2D eigenvalue weighted by atomic mass is 10.0. The van der Waals surface area contributed by atoms with Crippen LogP contribution in [-0.2, 0) is 4.74 Å². The van der Waals surface area contributed by atoms with Crippen LogP contribution in [0.25, 0.3) is 11.3 Å². The first kappa shape index (κ1) is 22.5. The normalized spacial score (nSPS) is 16.8. The minimum Gasteiger partial charge on any atom is -0.496 e. The Bertz CT molecular complexity index is 1200. The fourth-order valence-electron chi connectivity index (χ4n) is 3.09. The Balaban J connectivity index is 1.98. The maximum absolute atomic E-state index is 13.7. The molecule has 0 saturated heterocycles. The monoisotopic (exact) mass is 431 g/mol. The van der Waals surface area contributed by atoms with Gasteiger partial charge in [0.05, 0.1) is 23.9 Å². The number of methoxy groups -OCH3 is 1. The van der Waals surface area contributed by atoms with Crippen molar-refractivity contribution in [3.8, 4) is 11.8 Å². The molecule has 6 nitrogen and oxygen atoms in total. The van der Waals surface area contributed by atoms with Crippen molar-refractivity contribution >= 4 is 23.5 Å². The summed E-state index contributed by atoms with van der Waals surface area (Å²) < 4.78 is 25.3. The second-order valence-electron chi connectivity index (χ2n) is 7.18. The zero-order valence-electron chi connectivity index (χ0n) is 18.1. The molecule has 3 rings (SSSR count). The number of nitrogens with zero attached hydrogens (tertiary/aromatic N) is 3. The van der Waals surface area contributed by atoms with Crippen molar-refractivity contribution in [2.45, 2.75) is 0 Å². The molecule has 2 aromatic rings. The first-order valence-corrected chi connectivity index (χ1v) is 9.70. The van der Waals surface area contributed by atoms with Gasteiger partial charge in [0.1, 0.15) is 30.0 Å². The van der Waals surface area contributed by atoms with Crippen LogP contribution in [0.15, 0.2) is 65.8 Å². The molecule has 7 heteroatoms. The Hall–Kier alpha value is -4.18. The van der Waals surface area contributed by atoms with Gasteiger partial charge < -0.3 is 14.4 Å². The Morgan fingerprint density at radius 1 is 1.28 bits per heavy atom. The number of nitriles is 1. The lowest BCUT2D eigenvalue weighted by Gasteiger charge is -2.17. The summed E-state index contributed by atoms with van der Waals surface area (Å²) in [6, 6.07) is 11.2. The third-order valence-electron chi connectivity index (χ3n) is 4.77. The molecule has 1 aliphatic rings. The molecule has 1 amide bonds. The van der Waals surface area contributed by atoms with Crippen LogP contribution in [0.4, 0.5) is 4.39 Å². The van der Waals surface area contributed by atoms with Crippen LogP contribution in [0.3, 0.4) is 0 Å². The minimum absolute atomic E-state index is 0.0526. The first-order chi connectivity index (χ1) is 15.3. The second-order valence-corrected chi connectivity index (χ2v) is 7.18. The van der Waals surface area contributed by atoms with Crippen LogP contribution >= 0.6 is 0 Å². The van der Waals surface area contributed by atoms with Crippen LogP contribution in [0.5, 0.6) is 5.75 Å². The number of hydrogen-bond donors (Lipinski definition) is 0. The highest BCUT2D eigenvalue weighted by Crippen LogP contribution is 2.31. The van der Waals surface area contributed by atoms with E-state index in [0.29, 0.717) is 39.5 Å². The fraction of sp³-hybridized carbons (Fsp3) is 0.160. The summed E-state index contributed by atoms with van der Waals surface area (Å²) in [7, 11) is 4.87. The van der Waals surface area contributed by atoms with Crippen LogP contribution in [-0.4, -0.2) is 44.8 Å². The Labute approximate surface area is 186 Å². The molecule has 0 aromatic heterocycles. The number of halogens is 1. The maximum Gasteiger partial charge on any atom is 0.253 e. The highest BCUT2D eigenvalue weighted by Gasteiger charge is 2.17. The number of hydrogen-bond acceptors (Lipinski definition) is 5. The van der Waals surface area contributed by atoms with Crippen LogP contribution in [0.2, 0.25) is 0 Å². The molecule has 162 valence electrons. The van der Waals surface area contributed by atoms with E-state index in [4.69, 9.17) is 14.7 Å². The van der Waals surface area contributed by atoms with Crippen molar-refractivity contribution in [3.63, 3.8) is 0 Å². The lowest BCUT2D eigenvalue weighted by molar-refractivity contribution is 0.0827. The summed E-state index contributed by atoms with van der Waals surface area (Å²) in [5.74, 6) is 0.172. The number of carbonyl (C=O) groups excluding carboxylic acids is 1. The van der Waals surface area contributed by atoms with Gasteiger partial charge in [-0.2, -0.15) is 5.26 Å². The van der Waals surface area contributed by atoms with Gasteiger partial charge in [-0.15, -0.1) is 0 Å². The molecule has 32 heavy (non-hydrogen) atoms. The van der Waals surface area contributed by atoms with Crippen molar-refractivity contribution in [2.75, 3.05) is 27.8 Å². The van der Waals surface area contributed by atoms with Crippen molar-refractivity contribution in [3.05, 3.63) is 88.9 Å². The number of carbonyl (C=O) groups is 1. The van der Waals surface area contributed by atoms with Gasteiger partial charge in [-0.1, -0.05) is 12.6 Å². The van der Waals surface area contributed by atoms with Gasteiger partial charge in [0.15, 0.2) is 0 Å². The zero-order chi connectivity index (χ0) is 23.3. The van der Waals surface area contributed by atoms with E-state index in [0.717, 1.165) is 0 Å². The molecular weight excluding hydrogens is 409 g/mol. The fourth-order valence-corrected chi connectivity index (χ4v) is 3.09.